The van der Waals surface area contributed by atoms with E-state index in [0.717, 1.165) is 23.7 Å². The quantitative estimate of drug-likeness (QED) is 0.743. The summed E-state index contributed by atoms with van der Waals surface area (Å²) < 4.78 is 27.2. The Balaban J connectivity index is 2.46. The molecule has 0 aliphatic heterocycles. The van der Waals surface area contributed by atoms with Gasteiger partial charge in [0.25, 0.3) is 5.56 Å². The lowest BCUT2D eigenvalue weighted by Gasteiger charge is -2.08. The van der Waals surface area contributed by atoms with Crippen molar-refractivity contribution in [2.75, 3.05) is 6.26 Å². The van der Waals surface area contributed by atoms with E-state index in [-0.39, 0.29) is 16.3 Å². The molecule has 0 N–H and O–H groups in total. The van der Waals surface area contributed by atoms with Crippen LogP contribution in [0.2, 0.25) is 0 Å². The highest BCUT2D eigenvalue weighted by atomic mass is 32.2. The van der Waals surface area contributed by atoms with Crippen molar-refractivity contribution >= 4 is 21.0 Å². The highest BCUT2D eigenvalue weighted by Gasteiger charge is 2.27. The van der Waals surface area contributed by atoms with Crippen molar-refractivity contribution in [3.05, 3.63) is 20.8 Å². The van der Waals surface area contributed by atoms with Gasteiger partial charge < -0.3 is 4.57 Å². The summed E-state index contributed by atoms with van der Waals surface area (Å²) in [6.45, 7) is 0.462. The SMILES string of the molecule is Cn1c(=O)c2c(nc(S(C)(=O)=O)n2C)n(CC2CC2)c1=O. The lowest BCUT2D eigenvalue weighted by atomic mass is 10.4. The van der Waals surface area contributed by atoms with E-state index in [0.29, 0.717) is 12.5 Å². The minimum Gasteiger partial charge on any atom is -0.312 e. The van der Waals surface area contributed by atoms with E-state index in [1.54, 1.807) is 0 Å². The molecule has 0 aromatic carbocycles. The average molecular weight is 312 g/mol. The molecule has 0 radical (unpaired) electrons. The minimum absolute atomic E-state index is 0.137. The highest BCUT2D eigenvalue weighted by Crippen LogP contribution is 2.30. The monoisotopic (exact) mass is 312 g/mol. The van der Waals surface area contributed by atoms with Crippen LogP contribution < -0.4 is 11.2 Å². The summed E-state index contributed by atoms with van der Waals surface area (Å²) in [5.41, 5.74) is -0.708. The lowest BCUT2D eigenvalue weighted by Crippen LogP contribution is -2.39. The van der Waals surface area contributed by atoms with Gasteiger partial charge in [0.05, 0.1) is 0 Å². The number of nitrogens with zero attached hydrogens (tertiary/aromatic N) is 4. The molecule has 0 amide bonds. The third-order valence-electron chi connectivity index (χ3n) is 3.79. The van der Waals surface area contributed by atoms with E-state index in [2.05, 4.69) is 4.98 Å². The van der Waals surface area contributed by atoms with Crippen LogP contribution in [0, 0.1) is 5.92 Å². The van der Waals surface area contributed by atoms with Crippen LogP contribution in [0.4, 0.5) is 0 Å². The van der Waals surface area contributed by atoms with E-state index < -0.39 is 21.1 Å². The van der Waals surface area contributed by atoms with Crippen molar-refractivity contribution < 1.29 is 8.42 Å². The molecule has 2 aromatic heterocycles. The van der Waals surface area contributed by atoms with E-state index in [1.165, 1.54) is 23.2 Å². The number of imidazole rings is 1. The van der Waals surface area contributed by atoms with Gasteiger partial charge in [0, 0.05) is 26.9 Å². The Morgan fingerprint density at radius 1 is 1.19 bits per heavy atom. The number of fused-ring (bicyclic) bond motifs is 1. The predicted octanol–water partition coefficient (Wildman–Crippen LogP) is -0.753. The zero-order chi connectivity index (χ0) is 15.5. The molecule has 2 aromatic rings. The molecule has 0 bridgehead atoms. The van der Waals surface area contributed by atoms with Gasteiger partial charge in [-0.15, -0.1) is 0 Å². The standard InChI is InChI=1S/C12H16N4O4S/c1-14-8-9(13-11(14)21(3,19)20)16(6-7-4-5-7)12(18)15(2)10(8)17/h7H,4-6H2,1-3H3. The summed E-state index contributed by atoms with van der Waals surface area (Å²) in [4.78, 5) is 28.6. The van der Waals surface area contributed by atoms with Crippen LogP contribution >= 0.6 is 0 Å². The van der Waals surface area contributed by atoms with Crippen molar-refractivity contribution in [3.63, 3.8) is 0 Å². The molecule has 2 heterocycles. The summed E-state index contributed by atoms with van der Waals surface area (Å²) in [5.74, 6) is 0.395. The van der Waals surface area contributed by atoms with Crippen molar-refractivity contribution in [1.82, 2.24) is 18.7 Å². The molecule has 8 nitrogen and oxygen atoms in total. The maximum Gasteiger partial charge on any atom is 0.332 e. The second-order valence-corrected chi connectivity index (χ2v) is 7.51. The van der Waals surface area contributed by atoms with Gasteiger partial charge in [0.15, 0.2) is 11.2 Å². The fourth-order valence-electron chi connectivity index (χ4n) is 2.46. The van der Waals surface area contributed by atoms with Crippen LogP contribution in [0.15, 0.2) is 14.7 Å². The summed E-state index contributed by atoms with van der Waals surface area (Å²) in [5, 5.41) is -0.204. The first-order valence-electron chi connectivity index (χ1n) is 6.58. The van der Waals surface area contributed by atoms with Crippen LogP contribution in [-0.2, 0) is 30.5 Å². The predicted molar refractivity (Wildman–Crippen MR) is 76.0 cm³/mol. The highest BCUT2D eigenvalue weighted by molar-refractivity contribution is 7.90. The normalized spacial score (nSPS) is 15.8. The fourth-order valence-corrected chi connectivity index (χ4v) is 3.30. The molecule has 0 atom stereocenters. The average Bonchev–Trinajstić information content (AvgIpc) is 3.13. The van der Waals surface area contributed by atoms with Crippen LogP contribution in [-0.4, -0.2) is 33.4 Å². The molecule has 21 heavy (non-hydrogen) atoms. The first-order valence-corrected chi connectivity index (χ1v) is 8.47. The summed E-state index contributed by atoms with van der Waals surface area (Å²) in [6.07, 6.45) is 3.09. The van der Waals surface area contributed by atoms with Crippen molar-refractivity contribution in [3.8, 4) is 0 Å². The van der Waals surface area contributed by atoms with Crippen molar-refractivity contribution in [2.24, 2.45) is 20.0 Å². The Bertz CT molecular complexity index is 960. The van der Waals surface area contributed by atoms with Gasteiger partial charge in [-0.25, -0.2) is 13.2 Å². The van der Waals surface area contributed by atoms with Crippen LogP contribution in [0.5, 0.6) is 0 Å². The van der Waals surface area contributed by atoms with Crippen LogP contribution in [0.25, 0.3) is 11.2 Å². The molecule has 114 valence electrons. The molecule has 1 aliphatic rings. The molecule has 1 fully saturated rings. The minimum atomic E-state index is -3.58. The Labute approximate surface area is 120 Å². The van der Waals surface area contributed by atoms with E-state index >= 15 is 0 Å². The molecule has 0 unspecified atom stereocenters. The van der Waals surface area contributed by atoms with E-state index in [1.807, 2.05) is 0 Å². The number of sulfone groups is 1. The first-order chi connectivity index (χ1) is 9.71. The van der Waals surface area contributed by atoms with Crippen LogP contribution in [0.1, 0.15) is 12.8 Å². The third kappa shape index (κ3) is 2.11. The Morgan fingerprint density at radius 3 is 2.33 bits per heavy atom. The third-order valence-corrected chi connectivity index (χ3v) is 4.81. The summed E-state index contributed by atoms with van der Waals surface area (Å²) in [7, 11) is -0.718. The Morgan fingerprint density at radius 2 is 1.81 bits per heavy atom. The molecular formula is C12H16N4O4S. The van der Waals surface area contributed by atoms with Gasteiger partial charge in [-0.2, -0.15) is 4.98 Å². The molecular weight excluding hydrogens is 296 g/mol. The fraction of sp³-hybridized carbons (Fsp3) is 0.583. The van der Waals surface area contributed by atoms with E-state index in [4.69, 9.17) is 0 Å². The Hall–Kier alpha value is -1.90. The van der Waals surface area contributed by atoms with Gasteiger partial charge in [-0.1, -0.05) is 0 Å². The number of hydrogen-bond donors (Lipinski definition) is 0. The molecule has 1 aliphatic carbocycles. The Kier molecular flexibility index (Phi) is 2.88. The molecule has 0 spiro atoms. The lowest BCUT2D eigenvalue weighted by molar-refractivity contribution is 0.576. The number of aryl methyl sites for hydroxylation is 1. The second kappa shape index (κ2) is 4.30. The number of hydrogen-bond acceptors (Lipinski definition) is 5. The maximum absolute atomic E-state index is 12.3. The summed E-state index contributed by atoms with van der Waals surface area (Å²) in [6, 6.07) is 0. The summed E-state index contributed by atoms with van der Waals surface area (Å²) >= 11 is 0. The smallest absolute Gasteiger partial charge is 0.312 e. The van der Waals surface area contributed by atoms with Gasteiger partial charge in [0.2, 0.25) is 15.0 Å². The second-order valence-electron chi connectivity index (χ2n) is 5.60. The largest absolute Gasteiger partial charge is 0.332 e. The topological polar surface area (TPSA) is 96.0 Å². The van der Waals surface area contributed by atoms with Gasteiger partial charge in [-0.05, 0) is 18.8 Å². The first kappa shape index (κ1) is 14.1. The van der Waals surface area contributed by atoms with Crippen molar-refractivity contribution in [1.29, 1.82) is 0 Å². The van der Waals surface area contributed by atoms with E-state index in [9.17, 15) is 18.0 Å². The number of rotatable bonds is 3. The van der Waals surface area contributed by atoms with Gasteiger partial charge in [0.1, 0.15) is 0 Å². The zero-order valence-corrected chi connectivity index (χ0v) is 12.8. The molecule has 0 saturated heterocycles. The maximum atomic E-state index is 12.3. The molecule has 1 saturated carbocycles. The molecule has 3 rings (SSSR count). The van der Waals surface area contributed by atoms with Crippen LogP contribution in [0.3, 0.4) is 0 Å². The molecule has 9 heteroatoms. The zero-order valence-electron chi connectivity index (χ0n) is 12.0. The number of aromatic nitrogens is 4. The van der Waals surface area contributed by atoms with Crippen molar-refractivity contribution in [2.45, 2.75) is 24.5 Å². The van der Waals surface area contributed by atoms with Gasteiger partial charge >= 0.3 is 5.69 Å². The van der Waals surface area contributed by atoms with Gasteiger partial charge in [-0.3, -0.25) is 13.9 Å².